The lowest BCUT2D eigenvalue weighted by Crippen LogP contribution is -2.13. The first-order valence-electron chi connectivity index (χ1n) is 4.45. The molecule has 0 atom stereocenters. The van der Waals surface area contributed by atoms with Crippen molar-refractivity contribution in [1.82, 2.24) is 14.8 Å². The van der Waals surface area contributed by atoms with Gasteiger partial charge in [-0.1, -0.05) is 0 Å². The summed E-state index contributed by atoms with van der Waals surface area (Å²) < 4.78 is 42.2. The maximum atomic E-state index is 11.9. The SMILES string of the molecule is COCCn1cnnc1CCC(F)(F)F. The summed E-state index contributed by atoms with van der Waals surface area (Å²) in [5, 5.41) is 7.20. The quantitative estimate of drug-likeness (QED) is 0.757. The van der Waals surface area contributed by atoms with Crippen molar-refractivity contribution in [2.75, 3.05) is 13.7 Å². The van der Waals surface area contributed by atoms with E-state index in [-0.39, 0.29) is 6.42 Å². The van der Waals surface area contributed by atoms with Crippen LogP contribution in [0, 0.1) is 0 Å². The zero-order chi connectivity index (χ0) is 11.3. The predicted octanol–water partition coefficient (Wildman–Crippen LogP) is 1.42. The maximum Gasteiger partial charge on any atom is 0.389 e. The Morgan fingerprint density at radius 3 is 2.80 bits per heavy atom. The molecule has 0 aliphatic carbocycles. The summed E-state index contributed by atoms with van der Waals surface area (Å²) >= 11 is 0. The third-order valence-electron chi connectivity index (χ3n) is 1.86. The van der Waals surface area contributed by atoms with E-state index >= 15 is 0 Å². The number of nitrogens with zero attached hydrogens (tertiary/aromatic N) is 3. The smallest absolute Gasteiger partial charge is 0.383 e. The Hall–Kier alpha value is -1.11. The number of rotatable bonds is 5. The molecule has 0 unspecified atom stereocenters. The van der Waals surface area contributed by atoms with Crippen molar-refractivity contribution < 1.29 is 17.9 Å². The Balaban J connectivity index is 2.50. The number of alkyl halides is 3. The summed E-state index contributed by atoms with van der Waals surface area (Å²) in [5.74, 6) is 0.337. The number of halogens is 3. The van der Waals surface area contributed by atoms with Gasteiger partial charge in [-0.2, -0.15) is 13.2 Å². The molecule has 0 saturated heterocycles. The molecule has 0 aliphatic heterocycles. The second-order valence-electron chi connectivity index (χ2n) is 3.05. The molecular weight excluding hydrogens is 211 g/mol. The molecule has 0 N–H and O–H groups in total. The second kappa shape index (κ2) is 5.11. The van der Waals surface area contributed by atoms with Gasteiger partial charge in [0.15, 0.2) is 0 Å². The van der Waals surface area contributed by atoms with Gasteiger partial charge in [0.1, 0.15) is 12.2 Å². The van der Waals surface area contributed by atoms with Crippen molar-refractivity contribution in [2.45, 2.75) is 25.6 Å². The summed E-state index contributed by atoms with van der Waals surface area (Å²) in [7, 11) is 1.53. The molecule has 15 heavy (non-hydrogen) atoms. The van der Waals surface area contributed by atoms with E-state index < -0.39 is 12.6 Å². The van der Waals surface area contributed by atoms with E-state index in [1.54, 1.807) is 4.57 Å². The summed E-state index contributed by atoms with van der Waals surface area (Å²) in [4.78, 5) is 0. The minimum Gasteiger partial charge on any atom is -0.383 e. The van der Waals surface area contributed by atoms with E-state index in [0.717, 1.165) is 0 Å². The van der Waals surface area contributed by atoms with Gasteiger partial charge in [0.05, 0.1) is 13.0 Å². The van der Waals surface area contributed by atoms with E-state index in [4.69, 9.17) is 4.74 Å². The largest absolute Gasteiger partial charge is 0.389 e. The van der Waals surface area contributed by atoms with Crippen LogP contribution in [-0.2, 0) is 17.7 Å². The van der Waals surface area contributed by atoms with Crippen LogP contribution >= 0.6 is 0 Å². The molecule has 7 heteroatoms. The minimum atomic E-state index is -4.15. The molecule has 0 bridgehead atoms. The second-order valence-corrected chi connectivity index (χ2v) is 3.05. The summed E-state index contributed by atoms with van der Waals surface area (Å²) in [5.41, 5.74) is 0. The number of ether oxygens (including phenoxy) is 1. The topological polar surface area (TPSA) is 39.9 Å². The van der Waals surface area contributed by atoms with Gasteiger partial charge in [-0.15, -0.1) is 10.2 Å². The molecule has 86 valence electrons. The van der Waals surface area contributed by atoms with Crippen molar-refractivity contribution in [3.05, 3.63) is 12.2 Å². The summed E-state index contributed by atoms with van der Waals surface area (Å²) in [6, 6.07) is 0. The van der Waals surface area contributed by atoms with Crippen LogP contribution in [0.25, 0.3) is 0 Å². The number of aromatic nitrogens is 3. The predicted molar refractivity (Wildman–Crippen MR) is 46.3 cm³/mol. The highest BCUT2D eigenvalue weighted by Crippen LogP contribution is 2.21. The van der Waals surface area contributed by atoms with Gasteiger partial charge in [-0.25, -0.2) is 0 Å². The fourth-order valence-corrected chi connectivity index (χ4v) is 1.10. The van der Waals surface area contributed by atoms with E-state index in [2.05, 4.69) is 10.2 Å². The van der Waals surface area contributed by atoms with Crippen LogP contribution < -0.4 is 0 Å². The fraction of sp³-hybridized carbons (Fsp3) is 0.750. The standard InChI is InChI=1S/C8H12F3N3O/c1-15-5-4-14-6-12-13-7(14)2-3-8(9,10)11/h6H,2-5H2,1H3. The Labute approximate surface area is 85.1 Å². The third kappa shape index (κ3) is 4.28. The lowest BCUT2D eigenvalue weighted by Gasteiger charge is -2.07. The number of hydrogen-bond donors (Lipinski definition) is 0. The van der Waals surface area contributed by atoms with Crippen LogP contribution in [0.15, 0.2) is 6.33 Å². The Kier molecular flexibility index (Phi) is 4.07. The molecule has 1 heterocycles. The minimum absolute atomic E-state index is 0.146. The molecule has 0 saturated carbocycles. The van der Waals surface area contributed by atoms with Crippen molar-refractivity contribution in [1.29, 1.82) is 0 Å². The van der Waals surface area contributed by atoms with Gasteiger partial charge in [0.25, 0.3) is 0 Å². The van der Waals surface area contributed by atoms with Gasteiger partial charge in [-0.05, 0) is 0 Å². The lowest BCUT2D eigenvalue weighted by atomic mass is 10.3. The van der Waals surface area contributed by atoms with Gasteiger partial charge in [0.2, 0.25) is 0 Å². The molecular formula is C8H12F3N3O. The molecule has 1 aromatic heterocycles. The Morgan fingerprint density at radius 1 is 1.47 bits per heavy atom. The normalized spacial score (nSPS) is 12.0. The average molecular weight is 223 g/mol. The molecule has 0 aromatic carbocycles. The lowest BCUT2D eigenvalue weighted by molar-refractivity contribution is -0.134. The highest BCUT2D eigenvalue weighted by atomic mass is 19.4. The Bertz CT molecular complexity index is 298. The van der Waals surface area contributed by atoms with Crippen LogP contribution in [0.4, 0.5) is 13.2 Å². The fourth-order valence-electron chi connectivity index (χ4n) is 1.10. The Morgan fingerprint density at radius 2 is 2.20 bits per heavy atom. The van der Waals surface area contributed by atoms with Crippen LogP contribution in [0.1, 0.15) is 12.2 Å². The molecule has 4 nitrogen and oxygen atoms in total. The van der Waals surface area contributed by atoms with Crippen LogP contribution in [-0.4, -0.2) is 34.7 Å². The molecule has 0 radical (unpaired) electrons. The monoisotopic (exact) mass is 223 g/mol. The van der Waals surface area contributed by atoms with E-state index in [9.17, 15) is 13.2 Å². The first-order chi connectivity index (χ1) is 7.03. The number of hydrogen-bond acceptors (Lipinski definition) is 3. The molecule has 0 spiro atoms. The molecule has 0 amide bonds. The van der Waals surface area contributed by atoms with Crippen molar-refractivity contribution >= 4 is 0 Å². The van der Waals surface area contributed by atoms with Gasteiger partial charge in [-0.3, -0.25) is 0 Å². The first-order valence-corrected chi connectivity index (χ1v) is 4.45. The molecule has 1 rings (SSSR count). The highest BCUT2D eigenvalue weighted by Gasteiger charge is 2.27. The maximum absolute atomic E-state index is 11.9. The van der Waals surface area contributed by atoms with Crippen LogP contribution in [0.2, 0.25) is 0 Å². The van der Waals surface area contributed by atoms with Crippen molar-refractivity contribution in [3.8, 4) is 0 Å². The van der Waals surface area contributed by atoms with E-state index in [1.165, 1.54) is 13.4 Å². The third-order valence-corrected chi connectivity index (χ3v) is 1.86. The van der Waals surface area contributed by atoms with E-state index in [0.29, 0.717) is 19.0 Å². The number of aryl methyl sites for hydroxylation is 1. The molecule has 0 fully saturated rings. The van der Waals surface area contributed by atoms with Gasteiger partial charge < -0.3 is 9.30 Å². The summed E-state index contributed by atoms with van der Waals surface area (Å²) in [6.45, 7) is 0.897. The van der Waals surface area contributed by atoms with Crippen molar-refractivity contribution in [2.24, 2.45) is 0 Å². The van der Waals surface area contributed by atoms with Crippen molar-refractivity contribution in [3.63, 3.8) is 0 Å². The average Bonchev–Trinajstić information content (AvgIpc) is 2.57. The molecule has 0 aliphatic rings. The van der Waals surface area contributed by atoms with E-state index in [1.807, 2.05) is 0 Å². The first kappa shape index (κ1) is 12.0. The highest BCUT2D eigenvalue weighted by molar-refractivity contribution is 4.86. The summed E-state index contributed by atoms with van der Waals surface area (Å²) in [6.07, 6.45) is -3.77. The van der Waals surface area contributed by atoms with Gasteiger partial charge in [0, 0.05) is 20.1 Å². The zero-order valence-corrected chi connectivity index (χ0v) is 8.29. The zero-order valence-electron chi connectivity index (χ0n) is 8.29. The van der Waals surface area contributed by atoms with Crippen LogP contribution in [0.3, 0.4) is 0 Å². The molecule has 1 aromatic rings. The number of methoxy groups -OCH3 is 1. The van der Waals surface area contributed by atoms with Gasteiger partial charge >= 0.3 is 6.18 Å². The van der Waals surface area contributed by atoms with Crippen LogP contribution in [0.5, 0.6) is 0 Å².